The van der Waals surface area contributed by atoms with Crippen LogP contribution in [0, 0.1) is 0 Å². The molecule has 1 N–H and O–H groups in total. The van der Waals surface area contributed by atoms with Gasteiger partial charge in [0.25, 0.3) is 5.91 Å². The molecule has 0 aliphatic rings. The van der Waals surface area contributed by atoms with Crippen LogP contribution in [-0.2, 0) is 0 Å². The lowest BCUT2D eigenvalue weighted by Crippen LogP contribution is -2.42. The molecule has 1 amide bonds. The van der Waals surface area contributed by atoms with Gasteiger partial charge >= 0.3 is 0 Å². The number of aromatic amines is 1. The number of H-pyrrole nitrogens is 1. The third kappa shape index (κ3) is 2.08. The van der Waals surface area contributed by atoms with Crippen LogP contribution in [0.4, 0.5) is 0 Å². The van der Waals surface area contributed by atoms with E-state index in [1.165, 1.54) is 0 Å². The Balaban J connectivity index is 2.44. The first-order valence-electron chi connectivity index (χ1n) is 6.13. The standard InChI is InChI=1S/C13H18N4O/c1-8(2)17(9(3)4)13(18)12-10-7-14-6-5-11(10)15-16-12/h5-9H,1-4H3,(H,15,16). The summed E-state index contributed by atoms with van der Waals surface area (Å²) in [7, 11) is 0. The zero-order chi connectivity index (χ0) is 13.3. The highest BCUT2D eigenvalue weighted by Crippen LogP contribution is 2.18. The predicted molar refractivity (Wildman–Crippen MR) is 70.3 cm³/mol. The molecule has 0 unspecified atom stereocenters. The summed E-state index contributed by atoms with van der Waals surface area (Å²) in [5.41, 5.74) is 1.28. The summed E-state index contributed by atoms with van der Waals surface area (Å²) in [5.74, 6) is -0.0562. The Morgan fingerprint density at radius 2 is 1.94 bits per heavy atom. The Hall–Kier alpha value is -1.91. The summed E-state index contributed by atoms with van der Waals surface area (Å²) in [4.78, 5) is 18.4. The van der Waals surface area contributed by atoms with Crippen molar-refractivity contribution in [3.8, 4) is 0 Å². The van der Waals surface area contributed by atoms with Crippen molar-refractivity contribution in [1.82, 2.24) is 20.1 Å². The zero-order valence-electron chi connectivity index (χ0n) is 11.1. The van der Waals surface area contributed by atoms with Crippen LogP contribution in [0.1, 0.15) is 38.2 Å². The lowest BCUT2D eigenvalue weighted by atomic mass is 10.1. The summed E-state index contributed by atoms with van der Waals surface area (Å²) in [5, 5.41) is 7.76. The third-order valence-corrected chi connectivity index (χ3v) is 2.91. The summed E-state index contributed by atoms with van der Waals surface area (Å²) in [6, 6.07) is 2.09. The smallest absolute Gasteiger partial charge is 0.275 e. The highest BCUT2D eigenvalue weighted by Gasteiger charge is 2.25. The maximum absolute atomic E-state index is 12.5. The van der Waals surface area contributed by atoms with E-state index in [9.17, 15) is 4.79 Å². The monoisotopic (exact) mass is 246 g/mol. The summed E-state index contributed by atoms with van der Waals surface area (Å²) < 4.78 is 0. The molecule has 18 heavy (non-hydrogen) atoms. The van der Waals surface area contributed by atoms with Gasteiger partial charge in [-0.05, 0) is 33.8 Å². The SMILES string of the molecule is CC(C)N(C(=O)c1n[nH]c2ccncc12)C(C)C. The van der Waals surface area contributed by atoms with E-state index in [1.54, 1.807) is 12.4 Å². The summed E-state index contributed by atoms with van der Waals surface area (Å²) in [6.45, 7) is 8.02. The first kappa shape index (κ1) is 12.5. The Kier molecular flexibility index (Phi) is 3.32. The van der Waals surface area contributed by atoms with Crippen LogP contribution < -0.4 is 0 Å². The van der Waals surface area contributed by atoms with Crippen molar-refractivity contribution in [3.05, 3.63) is 24.2 Å². The van der Waals surface area contributed by atoms with Gasteiger partial charge in [0.15, 0.2) is 5.69 Å². The van der Waals surface area contributed by atoms with Gasteiger partial charge in [-0.15, -0.1) is 0 Å². The first-order chi connectivity index (χ1) is 8.52. The van der Waals surface area contributed by atoms with Gasteiger partial charge in [0, 0.05) is 24.5 Å². The molecule has 0 atom stereocenters. The van der Waals surface area contributed by atoms with Gasteiger partial charge in [0.2, 0.25) is 0 Å². The van der Waals surface area contributed by atoms with Crippen LogP contribution in [-0.4, -0.2) is 38.1 Å². The van der Waals surface area contributed by atoms with Crippen molar-refractivity contribution in [2.45, 2.75) is 39.8 Å². The molecule has 5 nitrogen and oxygen atoms in total. The van der Waals surface area contributed by atoms with Crippen LogP contribution in [0.5, 0.6) is 0 Å². The van der Waals surface area contributed by atoms with Crippen molar-refractivity contribution in [3.63, 3.8) is 0 Å². The molecule has 0 fully saturated rings. The van der Waals surface area contributed by atoms with Gasteiger partial charge in [-0.2, -0.15) is 5.10 Å². The fourth-order valence-electron chi connectivity index (χ4n) is 2.21. The number of nitrogens with one attached hydrogen (secondary N) is 1. The quantitative estimate of drug-likeness (QED) is 0.903. The minimum Gasteiger partial charge on any atom is -0.332 e. The van der Waals surface area contributed by atoms with Gasteiger partial charge < -0.3 is 4.90 Å². The van der Waals surface area contributed by atoms with Crippen molar-refractivity contribution in [2.24, 2.45) is 0 Å². The number of hydrogen-bond donors (Lipinski definition) is 1. The maximum Gasteiger partial charge on any atom is 0.275 e. The van der Waals surface area contributed by atoms with Crippen molar-refractivity contribution in [1.29, 1.82) is 0 Å². The number of hydrogen-bond acceptors (Lipinski definition) is 3. The number of amides is 1. The second-order valence-corrected chi connectivity index (χ2v) is 4.89. The second kappa shape index (κ2) is 4.76. The van der Waals surface area contributed by atoms with E-state index in [0.29, 0.717) is 5.69 Å². The molecule has 0 saturated heterocycles. The highest BCUT2D eigenvalue weighted by molar-refractivity contribution is 6.04. The highest BCUT2D eigenvalue weighted by atomic mass is 16.2. The van der Waals surface area contributed by atoms with Crippen LogP contribution in [0.25, 0.3) is 10.9 Å². The molecule has 0 radical (unpaired) electrons. The predicted octanol–water partition coefficient (Wildman–Crippen LogP) is 2.22. The Labute approximate surface area is 106 Å². The Morgan fingerprint density at radius 1 is 1.28 bits per heavy atom. The normalized spacial score (nSPS) is 11.4. The largest absolute Gasteiger partial charge is 0.332 e. The van der Waals surface area contributed by atoms with Crippen LogP contribution >= 0.6 is 0 Å². The Morgan fingerprint density at radius 3 is 2.56 bits per heavy atom. The average molecular weight is 246 g/mol. The molecule has 0 bridgehead atoms. The van der Waals surface area contributed by atoms with E-state index in [2.05, 4.69) is 15.2 Å². The topological polar surface area (TPSA) is 61.9 Å². The third-order valence-electron chi connectivity index (χ3n) is 2.91. The van der Waals surface area contributed by atoms with Crippen molar-refractivity contribution >= 4 is 16.8 Å². The summed E-state index contributed by atoms with van der Waals surface area (Å²) in [6.07, 6.45) is 3.35. The number of carbonyl (C=O) groups is 1. The molecule has 0 aliphatic carbocycles. The number of aromatic nitrogens is 3. The molecule has 2 heterocycles. The van der Waals surface area contributed by atoms with E-state index in [4.69, 9.17) is 0 Å². The molecule has 0 spiro atoms. The lowest BCUT2D eigenvalue weighted by Gasteiger charge is -2.30. The van der Waals surface area contributed by atoms with Gasteiger partial charge in [-0.25, -0.2) is 0 Å². The number of nitrogens with zero attached hydrogens (tertiary/aromatic N) is 3. The van der Waals surface area contributed by atoms with Gasteiger partial charge in [-0.3, -0.25) is 14.9 Å². The van der Waals surface area contributed by atoms with Gasteiger partial charge in [0.05, 0.1) is 10.9 Å². The number of carbonyl (C=O) groups excluding carboxylic acids is 1. The van der Waals surface area contributed by atoms with E-state index >= 15 is 0 Å². The number of rotatable bonds is 3. The number of fused-ring (bicyclic) bond motifs is 1. The molecule has 0 aliphatic heterocycles. The van der Waals surface area contributed by atoms with E-state index in [1.807, 2.05) is 38.7 Å². The van der Waals surface area contributed by atoms with Crippen LogP contribution in [0.3, 0.4) is 0 Å². The molecule has 2 aromatic heterocycles. The lowest BCUT2D eigenvalue weighted by molar-refractivity contribution is 0.0639. The minimum absolute atomic E-state index is 0.0562. The molecule has 2 rings (SSSR count). The van der Waals surface area contributed by atoms with Crippen LogP contribution in [0.15, 0.2) is 18.5 Å². The molecular weight excluding hydrogens is 228 g/mol. The molecule has 0 saturated carbocycles. The van der Waals surface area contributed by atoms with E-state index in [-0.39, 0.29) is 18.0 Å². The van der Waals surface area contributed by atoms with Gasteiger partial charge in [-0.1, -0.05) is 0 Å². The number of pyridine rings is 1. The van der Waals surface area contributed by atoms with Crippen LogP contribution in [0.2, 0.25) is 0 Å². The fourth-order valence-corrected chi connectivity index (χ4v) is 2.21. The molecule has 5 heteroatoms. The summed E-state index contributed by atoms with van der Waals surface area (Å²) >= 11 is 0. The first-order valence-corrected chi connectivity index (χ1v) is 6.13. The molecule has 0 aromatic carbocycles. The molecule has 2 aromatic rings. The Bertz CT molecular complexity index is 551. The van der Waals surface area contributed by atoms with Crippen molar-refractivity contribution < 1.29 is 4.79 Å². The van der Waals surface area contributed by atoms with E-state index in [0.717, 1.165) is 10.9 Å². The maximum atomic E-state index is 12.5. The minimum atomic E-state index is -0.0562. The van der Waals surface area contributed by atoms with Gasteiger partial charge in [0.1, 0.15) is 0 Å². The fraction of sp³-hybridized carbons (Fsp3) is 0.462. The molecule has 96 valence electrons. The second-order valence-electron chi connectivity index (χ2n) is 4.89. The molecular formula is C13H18N4O. The van der Waals surface area contributed by atoms with Crippen molar-refractivity contribution in [2.75, 3.05) is 0 Å². The average Bonchev–Trinajstić information content (AvgIpc) is 2.71. The van der Waals surface area contributed by atoms with E-state index < -0.39 is 0 Å². The zero-order valence-corrected chi connectivity index (χ0v) is 11.1.